The van der Waals surface area contributed by atoms with E-state index in [0.717, 1.165) is 18.4 Å². The van der Waals surface area contributed by atoms with E-state index in [-0.39, 0.29) is 36.0 Å². The summed E-state index contributed by atoms with van der Waals surface area (Å²) >= 11 is 6.19. The van der Waals surface area contributed by atoms with Gasteiger partial charge in [0.05, 0.1) is 5.92 Å². The molecule has 1 aromatic carbocycles. The first kappa shape index (κ1) is 18.3. The maximum absolute atomic E-state index is 12.9. The summed E-state index contributed by atoms with van der Waals surface area (Å²) in [5, 5.41) is 0.636. The molecule has 0 radical (unpaired) electrons. The van der Waals surface area contributed by atoms with Crippen LogP contribution in [0.15, 0.2) is 24.3 Å². The van der Waals surface area contributed by atoms with Crippen molar-refractivity contribution in [2.45, 2.75) is 25.8 Å². The lowest BCUT2D eigenvalue weighted by Crippen LogP contribution is -2.52. The predicted octanol–water partition coefficient (Wildman–Crippen LogP) is 1.77. The van der Waals surface area contributed by atoms with E-state index in [4.69, 9.17) is 11.6 Å². The van der Waals surface area contributed by atoms with Gasteiger partial charge in [-0.2, -0.15) is 0 Å². The summed E-state index contributed by atoms with van der Waals surface area (Å²) in [6, 6.07) is 7.47. The fourth-order valence-electron chi connectivity index (χ4n) is 3.92. The van der Waals surface area contributed by atoms with Crippen LogP contribution >= 0.6 is 11.6 Å². The van der Waals surface area contributed by atoms with Crippen LogP contribution < -0.4 is 0 Å². The van der Waals surface area contributed by atoms with Crippen molar-refractivity contribution in [1.29, 1.82) is 0 Å². The Morgan fingerprint density at radius 1 is 0.963 bits per heavy atom. The van der Waals surface area contributed by atoms with Crippen molar-refractivity contribution in [3.8, 4) is 0 Å². The van der Waals surface area contributed by atoms with E-state index < -0.39 is 0 Å². The molecule has 144 valence electrons. The number of piperazine rings is 1. The zero-order valence-corrected chi connectivity index (χ0v) is 16.0. The molecule has 0 bridgehead atoms. The fourth-order valence-corrected chi connectivity index (χ4v) is 4.11. The molecule has 1 saturated carbocycles. The highest BCUT2D eigenvalue weighted by Gasteiger charge is 2.39. The van der Waals surface area contributed by atoms with E-state index in [1.54, 1.807) is 4.90 Å². The topological polar surface area (TPSA) is 60.9 Å². The van der Waals surface area contributed by atoms with Crippen LogP contribution in [0, 0.1) is 11.8 Å². The molecule has 0 aromatic heterocycles. The minimum absolute atomic E-state index is 0.00387. The van der Waals surface area contributed by atoms with Gasteiger partial charge >= 0.3 is 0 Å². The number of likely N-dealkylation sites (tertiary alicyclic amines) is 1. The summed E-state index contributed by atoms with van der Waals surface area (Å²) in [6.07, 6.45) is 2.26. The second kappa shape index (κ2) is 7.50. The molecule has 7 heteroatoms. The van der Waals surface area contributed by atoms with E-state index in [9.17, 15) is 14.4 Å². The normalized spacial score (nSPS) is 23.1. The lowest BCUT2D eigenvalue weighted by molar-refractivity contribution is -0.142. The van der Waals surface area contributed by atoms with E-state index in [2.05, 4.69) is 0 Å². The first-order valence-corrected chi connectivity index (χ1v) is 9.99. The summed E-state index contributed by atoms with van der Waals surface area (Å²) in [4.78, 5) is 42.8. The van der Waals surface area contributed by atoms with Crippen molar-refractivity contribution < 1.29 is 14.4 Å². The van der Waals surface area contributed by atoms with Gasteiger partial charge in [-0.25, -0.2) is 0 Å². The highest BCUT2D eigenvalue weighted by atomic mass is 35.5. The number of hydrogen-bond acceptors (Lipinski definition) is 3. The van der Waals surface area contributed by atoms with Gasteiger partial charge in [-0.05, 0) is 24.5 Å². The summed E-state index contributed by atoms with van der Waals surface area (Å²) in [5.41, 5.74) is 0.896. The van der Waals surface area contributed by atoms with Gasteiger partial charge in [0.1, 0.15) is 0 Å². The molecule has 4 rings (SSSR count). The molecular formula is C20H24ClN3O3. The van der Waals surface area contributed by atoms with Crippen LogP contribution in [0.5, 0.6) is 0 Å². The Bertz CT molecular complexity index is 757. The second-order valence-corrected chi connectivity index (χ2v) is 8.10. The molecule has 1 aliphatic carbocycles. The summed E-state index contributed by atoms with van der Waals surface area (Å²) in [5.74, 6) is 0.187. The summed E-state index contributed by atoms with van der Waals surface area (Å²) in [7, 11) is 0. The van der Waals surface area contributed by atoms with Crippen LogP contribution in [-0.4, -0.2) is 65.1 Å². The van der Waals surface area contributed by atoms with Gasteiger partial charge in [-0.3, -0.25) is 14.4 Å². The average molecular weight is 390 g/mol. The lowest BCUT2D eigenvalue weighted by Gasteiger charge is -2.36. The highest BCUT2D eigenvalue weighted by molar-refractivity contribution is 6.31. The lowest BCUT2D eigenvalue weighted by atomic mass is 10.1. The van der Waals surface area contributed by atoms with Crippen LogP contribution in [0.1, 0.15) is 24.8 Å². The van der Waals surface area contributed by atoms with E-state index in [1.165, 1.54) is 0 Å². The third-order valence-electron chi connectivity index (χ3n) is 5.71. The minimum atomic E-state index is -0.300. The maximum atomic E-state index is 12.9. The van der Waals surface area contributed by atoms with E-state index in [0.29, 0.717) is 44.3 Å². The Kier molecular flexibility index (Phi) is 5.08. The zero-order valence-electron chi connectivity index (χ0n) is 15.3. The third kappa shape index (κ3) is 3.95. The molecule has 2 aliphatic heterocycles. The number of benzene rings is 1. The molecule has 0 N–H and O–H groups in total. The largest absolute Gasteiger partial charge is 0.339 e. The number of halogens is 1. The molecule has 1 aromatic rings. The SMILES string of the molecule is O=C1C[C@H](C(=O)N2CCN(C(=O)C3CC3)CC2)CN1Cc1ccccc1Cl. The Hall–Kier alpha value is -2.08. The molecule has 6 nitrogen and oxygen atoms in total. The Morgan fingerprint density at radius 3 is 2.15 bits per heavy atom. The minimum Gasteiger partial charge on any atom is -0.339 e. The Labute approximate surface area is 164 Å². The summed E-state index contributed by atoms with van der Waals surface area (Å²) < 4.78 is 0. The number of rotatable bonds is 4. The van der Waals surface area contributed by atoms with Gasteiger partial charge in [0.2, 0.25) is 17.7 Å². The van der Waals surface area contributed by atoms with E-state index in [1.807, 2.05) is 34.1 Å². The van der Waals surface area contributed by atoms with Crippen molar-refractivity contribution in [2.24, 2.45) is 11.8 Å². The fraction of sp³-hybridized carbons (Fsp3) is 0.550. The molecule has 0 spiro atoms. The highest BCUT2D eigenvalue weighted by Crippen LogP contribution is 2.31. The van der Waals surface area contributed by atoms with Crippen molar-refractivity contribution in [3.05, 3.63) is 34.9 Å². The smallest absolute Gasteiger partial charge is 0.228 e. The van der Waals surface area contributed by atoms with Crippen molar-refractivity contribution >= 4 is 29.3 Å². The third-order valence-corrected chi connectivity index (χ3v) is 6.08. The molecular weight excluding hydrogens is 366 g/mol. The summed E-state index contributed by atoms with van der Waals surface area (Å²) in [6.45, 7) is 3.20. The molecule has 0 unspecified atom stereocenters. The van der Waals surface area contributed by atoms with Crippen LogP contribution in [0.25, 0.3) is 0 Å². The van der Waals surface area contributed by atoms with Crippen molar-refractivity contribution in [1.82, 2.24) is 14.7 Å². The first-order chi connectivity index (χ1) is 13.0. The maximum Gasteiger partial charge on any atom is 0.228 e. The monoisotopic (exact) mass is 389 g/mol. The molecule has 3 aliphatic rings. The zero-order chi connectivity index (χ0) is 19.0. The Morgan fingerprint density at radius 2 is 1.56 bits per heavy atom. The molecule has 2 heterocycles. The number of nitrogens with zero attached hydrogens (tertiary/aromatic N) is 3. The van der Waals surface area contributed by atoms with Crippen LogP contribution in [0.3, 0.4) is 0 Å². The van der Waals surface area contributed by atoms with Crippen molar-refractivity contribution in [3.63, 3.8) is 0 Å². The first-order valence-electron chi connectivity index (χ1n) is 9.61. The van der Waals surface area contributed by atoms with Gasteiger partial charge in [0.15, 0.2) is 0 Å². The second-order valence-electron chi connectivity index (χ2n) is 7.69. The van der Waals surface area contributed by atoms with Gasteiger partial charge in [-0.1, -0.05) is 29.8 Å². The number of hydrogen-bond donors (Lipinski definition) is 0. The molecule has 27 heavy (non-hydrogen) atoms. The molecule has 2 saturated heterocycles. The van der Waals surface area contributed by atoms with Gasteiger partial charge in [0.25, 0.3) is 0 Å². The van der Waals surface area contributed by atoms with Crippen LogP contribution in [-0.2, 0) is 20.9 Å². The standard InChI is InChI=1S/C20H24ClN3O3/c21-17-4-2-1-3-15(17)12-24-13-16(11-18(24)25)20(27)23-9-7-22(8-10-23)19(26)14-5-6-14/h1-4,14,16H,5-13H2/t16-/m0/s1. The molecule has 1 atom stereocenters. The quantitative estimate of drug-likeness (QED) is 0.788. The van der Waals surface area contributed by atoms with Gasteiger partial charge < -0.3 is 14.7 Å². The van der Waals surface area contributed by atoms with Crippen LogP contribution in [0.2, 0.25) is 5.02 Å². The van der Waals surface area contributed by atoms with Gasteiger partial charge in [-0.15, -0.1) is 0 Å². The number of carbonyl (C=O) groups excluding carboxylic acids is 3. The Balaban J connectivity index is 1.31. The predicted molar refractivity (Wildman–Crippen MR) is 101 cm³/mol. The molecule has 3 amide bonds. The van der Waals surface area contributed by atoms with Crippen LogP contribution in [0.4, 0.5) is 0 Å². The van der Waals surface area contributed by atoms with Crippen molar-refractivity contribution in [2.75, 3.05) is 32.7 Å². The number of carbonyl (C=O) groups is 3. The van der Waals surface area contributed by atoms with Gasteiger partial charge in [0, 0.05) is 56.6 Å². The van der Waals surface area contributed by atoms with E-state index >= 15 is 0 Å². The average Bonchev–Trinajstić information content (AvgIpc) is 3.47. The number of amides is 3. The molecule has 3 fully saturated rings.